The third kappa shape index (κ3) is 7.40. The van der Waals surface area contributed by atoms with Crippen LogP contribution in [0.4, 0.5) is 0 Å². The van der Waals surface area contributed by atoms with Gasteiger partial charge in [-0.05, 0) is 73.8 Å². The SMILES string of the molecule is [Pt].[c-]1c(Oc2[c-]c3c(cc2)c2ccccc2n3-c2ccccn2)cccc1-n1[c-][n+](-c2c(-c3ccc(-c4ccccc4)cc3)cccc2-c2ccc(-c3ccccc3)cc2)c2ccccc21. The van der Waals surface area contributed by atoms with Crippen LogP contribution in [-0.4, -0.2) is 14.1 Å². The first-order chi connectivity index (χ1) is 32.2. The summed E-state index contributed by atoms with van der Waals surface area (Å²) < 4.78 is 13.0. The molecule has 5 nitrogen and oxygen atoms in total. The standard InChI is InChI=1S/C60H38N4O.Pt/c1-3-15-42(16-4-1)44-28-32-46(33-29-44)51-22-14-23-52(47-34-30-45(31-35-47)43-17-5-2-6-18-43)60(51)63-41-62(56-25-9-10-26-57(56)63)48-19-13-20-49(39-48)65-50-36-37-54-53-21-7-8-24-55(53)64(58(54)40-50)59-27-11-12-38-61-59;/h1-38H;/q-2;. The Hall–Kier alpha value is -8.11. The Bertz CT molecular complexity index is 3560. The summed E-state index contributed by atoms with van der Waals surface area (Å²) in [5.41, 5.74) is 14.9. The molecular formula is C60H38N4OPt-2. The van der Waals surface area contributed by atoms with Crippen LogP contribution in [0.2, 0.25) is 0 Å². The van der Waals surface area contributed by atoms with Crippen molar-refractivity contribution >= 4 is 32.8 Å². The van der Waals surface area contributed by atoms with Crippen LogP contribution in [0.1, 0.15) is 0 Å². The number of fused-ring (bicyclic) bond motifs is 4. The van der Waals surface area contributed by atoms with E-state index in [0.717, 1.165) is 72.3 Å². The number of ether oxygens (including phenoxy) is 1. The zero-order valence-electron chi connectivity index (χ0n) is 35.5. The Morgan fingerprint density at radius 3 is 1.65 bits per heavy atom. The predicted molar refractivity (Wildman–Crippen MR) is 262 cm³/mol. The van der Waals surface area contributed by atoms with E-state index in [4.69, 9.17) is 9.72 Å². The van der Waals surface area contributed by atoms with Gasteiger partial charge in [0.05, 0.1) is 16.7 Å². The number of nitrogens with zero attached hydrogens (tertiary/aromatic N) is 4. The fraction of sp³-hybridized carbons (Fsp3) is 0. The van der Waals surface area contributed by atoms with Crippen LogP contribution in [0.5, 0.6) is 11.5 Å². The molecule has 3 heterocycles. The normalized spacial score (nSPS) is 11.2. The van der Waals surface area contributed by atoms with Crippen LogP contribution in [0.25, 0.3) is 94.5 Å². The summed E-state index contributed by atoms with van der Waals surface area (Å²) in [4.78, 5) is 4.69. The monoisotopic (exact) mass is 1030 g/mol. The molecule has 0 radical (unpaired) electrons. The molecule has 0 saturated heterocycles. The Morgan fingerprint density at radius 2 is 0.985 bits per heavy atom. The molecule has 0 N–H and O–H groups in total. The molecule has 12 aromatic rings. The van der Waals surface area contributed by atoms with Crippen molar-refractivity contribution in [3.05, 3.63) is 249 Å². The second-order valence-corrected chi connectivity index (χ2v) is 16.0. The molecule has 0 amide bonds. The average Bonchev–Trinajstić information content (AvgIpc) is 3.93. The van der Waals surface area contributed by atoms with E-state index in [1.54, 1.807) is 0 Å². The minimum atomic E-state index is 0. The summed E-state index contributed by atoms with van der Waals surface area (Å²) in [7, 11) is 0. The zero-order valence-corrected chi connectivity index (χ0v) is 37.7. The van der Waals surface area contributed by atoms with E-state index in [9.17, 15) is 0 Å². The average molecular weight is 1030 g/mol. The number of imidazole rings is 1. The van der Waals surface area contributed by atoms with Gasteiger partial charge >= 0.3 is 0 Å². The van der Waals surface area contributed by atoms with E-state index in [1.165, 1.54) is 22.3 Å². The van der Waals surface area contributed by atoms with Gasteiger partial charge in [0.1, 0.15) is 5.82 Å². The van der Waals surface area contributed by atoms with Gasteiger partial charge in [-0.2, -0.15) is 18.2 Å². The smallest absolute Gasteiger partial charge is 0.268 e. The number of hydrogen-bond donors (Lipinski definition) is 0. The molecule has 316 valence electrons. The molecule has 66 heavy (non-hydrogen) atoms. The number of pyridine rings is 1. The van der Waals surface area contributed by atoms with Crippen LogP contribution < -0.4 is 9.30 Å². The molecule has 0 aliphatic heterocycles. The van der Waals surface area contributed by atoms with Crippen molar-refractivity contribution in [3.8, 4) is 73.2 Å². The predicted octanol–water partition coefficient (Wildman–Crippen LogP) is 14.3. The third-order valence-corrected chi connectivity index (χ3v) is 12.1. The van der Waals surface area contributed by atoms with E-state index in [0.29, 0.717) is 11.5 Å². The van der Waals surface area contributed by atoms with Crippen LogP contribution in [-0.2, 0) is 21.1 Å². The Morgan fingerprint density at radius 1 is 0.424 bits per heavy atom. The number of aromatic nitrogens is 4. The molecule has 0 bridgehead atoms. The molecule has 6 heteroatoms. The first-order valence-corrected chi connectivity index (χ1v) is 21.7. The summed E-state index contributed by atoms with van der Waals surface area (Å²) in [5.74, 6) is 1.97. The zero-order chi connectivity index (χ0) is 43.1. The van der Waals surface area contributed by atoms with Gasteiger partial charge < -0.3 is 13.9 Å². The van der Waals surface area contributed by atoms with Crippen molar-refractivity contribution in [2.75, 3.05) is 0 Å². The maximum absolute atomic E-state index is 6.60. The van der Waals surface area contributed by atoms with Crippen molar-refractivity contribution in [2.45, 2.75) is 0 Å². The van der Waals surface area contributed by atoms with E-state index >= 15 is 0 Å². The van der Waals surface area contributed by atoms with Gasteiger partial charge in [-0.3, -0.25) is 4.57 Å². The minimum absolute atomic E-state index is 0. The molecular weight excluding hydrogens is 988 g/mol. The van der Waals surface area contributed by atoms with Crippen molar-refractivity contribution < 1.29 is 30.4 Å². The molecule has 0 fully saturated rings. The van der Waals surface area contributed by atoms with E-state index < -0.39 is 0 Å². The van der Waals surface area contributed by atoms with Gasteiger partial charge in [-0.15, -0.1) is 29.7 Å². The molecule has 0 saturated carbocycles. The maximum atomic E-state index is 6.60. The van der Waals surface area contributed by atoms with E-state index in [2.05, 4.69) is 214 Å². The second kappa shape index (κ2) is 17.5. The molecule has 0 unspecified atom stereocenters. The molecule has 3 aromatic heterocycles. The molecule has 0 atom stereocenters. The molecule has 0 aliphatic rings. The Kier molecular flexibility index (Phi) is 10.8. The molecule has 0 aliphatic carbocycles. The van der Waals surface area contributed by atoms with Gasteiger partial charge in [0.15, 0.2) is 0 Å². The molecule has 9 aromatic carbocycles. The Balaban J connectivity index is 0.00000481. The maximum Gasteiger partial charge on any atom is 0.268 e. The van der Waals surface area contributed by atoms with Gasteiger partial charge in [0.2, 0.25) is 0 Å². The summed E-state index contributed by atoms with van der Waals surface area (Å²) in [6, 6.07) is 85.3. The first-order valence-electron chi connectivity index (χ1n) is 21.7. The summed E-state index contributed by atoms with van der Waals surface area (Å²) in [5, 5.41) is 2.21. The number of para-hydroxylation sites is 4. The molecule has 12 rings (SSSR count). The van der Waals surface area contributed by atoms with Gasteiger partial charge in [0, 0.05) is 44.3 Å². The summed E-state index contributed by atoms with van der Waals surface area (Å²) in [6.45, 7) is 0. The second-order valence-electron chi connectivity index (χ2n) is 16.0. The third-order valence-electron chi connectivity index (χ3n) is 12.1. The van der Waals surface area contributed by atoms with Gasteiger partial charge in [0.25, 0.3) is 6.33 Å². The van der Waals surface area contributed by atoms with Crippen LogP contribution >= 0.6 is 0 Å². The van der Waals surface area contributed by atoms with Crippen molar-refractivity contribution in [2.24, 2.45) is 0 Å². The van der Waals surface area contributed by atoms with E-state index in [1.807, 2.05) is 48.7 Å². The van der Waals surface area contributed by atoms with Crippen molar-refractivity contribution in [1.82, 2.24) is 14.1 Å². The summed E-state index contributed by atoms with van der Waals surface area (Å²) in [6.07, 6.45) is 5.62. The number of benzene rings is 9. The first kappa shape index (κ1) is 40.6. The summed E-state index contributed by atoms with van der Waals surface area (Å²) >= 11 is 0. The van der Waals surface area contributed by atoms with Crippen LogP contribution in [0.3, 0.4) is 0 Å². The quantitative estimate of drug-likeness (QED) is 0.107. The topological polar surface area (TPSA) is 35.9 Å². The largest absolute Gasteiger partial charge is 0.510 e. The van der Waals surface area contributed by atoms with Crippen molar-refractivity contribution in [1.29, 1.82) is 0 Å². The van der Waals surface area contributed by atoms with Crippen molar-refractivity contribution in [3.63, 3.8) is 0 Å². The molecule has 0 spiro atoms. The Labute approximate surface area is 397 Å². The van der Waals surface area contributed by atoms with Crippen LogP contribution in [0.15, 0.2) is 231 Å². The van der Waals surface area contributed by atoms with Gasteiger partial charge in [-0.1, -0.05) is 181 Å². The minimum Gasteiger partial charge on any atom is -0.510 e. The fourth-order valence-electron chi connectivity index (χ4n) is 9.00. The van der Waals surface area contributed by atoms with Gasteiger partial charge in [-0.25, -0.2) is 4.98 Å². The van der Waals surface area contributed by atoms with Crippen LogP contribution in [0, 0.1) is 18.5 Å². The fourth-order valence-corrected chi connectivity index (χ4v) is 9.00. The number of hydrogen-bond acceptors (Lipinski definition) is 2. The number of rotatable bonds is 9. The van der Waals surface area contributed by atoms with E-state index in [-0.39, 0.29) is 21.1 Å².